The lowest BCUT2D eigenvalue weighted by Gasteiger charge is -2.02. The number of carbonyl (C=O) groups excluding carboxylic acids is 1. The van der Waals surface area contributed by atoms with E-state index in [-0.39, 0.29) is 11.5 Å². The van der Waals surface area contributed by atoms with Crippen LogP contribution in [-0.4, -0.2) is 24.9 Å². The predicted molar refractivity (Wildman–Crippen MR) is 94.9 cm³/mol. The zero-order valence-corrected chi connectivity index (χ0v) is 13.7. The number of carbonyl (C=O) groups is 1. The molecule has 0 amide bonds. The second-order valence-corrected chi connectivity index (χ2v) is 5.91. The summed E-state index contributed by atoms with van der Waals surface area (Å²) < 4.78 is 2.74. The molecule has 0 saturated carbocycles. The Morgan fingerprint density at radius 2 is 1.88 bits per heavy atom. The van der Waals surface area contributed by atoms with Crippen molar-refractivity contribution in [2.45, 2.75) is 19.9 Å². The number of rotatable bonds is 4. The lowest BCUT2D eigenvalue weighted by molar-refractivity contribution is 0.101. The topological polar surface area (TPSA) is 69.3 Å². The third-order valence-corrected chi connectivity index (χ3v) is 4.20. The molecule has 0 saturated heterocycles. The summed E-state index contributed by atoms with van der Waals surface area (Å²) in [6.45, 7) is 1.85. The number of para-hydroxylation sites is 1. The lowest BCUT2D eigenvalue weighted by Crippen LogP contribution is -2.24. The molecule has 0 aliphatic rings. The minimum atomic E-state index is -0.304. The van der Waals surface area contributed by atoms with Gasteiger partial charge >= 0.3 is 5.69 Å². The van der Waals surface area contributed by atoms with E-state index in [9.17, 15) is 9.59 Å². The number of fused-ring (bicyclic) bond motifs is 2. The average molecular weight is 332 g/mol. The summed E-state index contributed by atoms with van der Waals surface area (Å²) in [6, 6.07) is 17.0. The van der Waals surface area contributed by atoms with Crippen LogP contribution < -0.4 is 5.69 Å². The first kappa shape index (κ1) is 15.3. The highest BCUT2D eigenvalue weighted by atomic mass is 16.2. The van der Waals surface area contributed by atoms with Gasteiger partial charge < -0.3 is 0 Å². The van der Waals surface area contributed by atoms with Crippen LogP contribution in [-0.2, 0) is 13.0 Å². The van der Waals surface area contributed by atoms with Crippen LogP contribution in [0.15, 0.2) is 59.4 Å². The molecule has 0 bridgehead atoms. The summed E-state index contributed by atoms with van der Waals surface area (Å²) in [5, 5.41) is 5.41. The Bertz CT molecular complexity index is 1160. The van der Waals surface area contributed by atoms with E-state index >= 15 is 0 Å². The Hall–Kier alpha value is -3.28. The summed E-state index contributed by atoms with van der Waals surface area (Å²) in [7, 11) is 0. The van der Waals surface area contributed by atoms with Crippen LogP contribution in [0.5, 0.6) is 0 Å². The van der Waals surface area contributed by atoms with E-state index in [2.05, 4.69) is 10.1 Å². The van der Waals surface area contributed by atoms with Gasteiger partial charge in [-0.25, -0.2) is 13.9 Å². The molecule has 3 heterocycles. The van der Waals surface area contributed by atoms with E-state index in [1.54, 1.807) is 18.2 Å². The summed E-state index contributed by atoms with van der Waals surface area (Å²) in [4.78, 5) is 28.9. The highest BCUT2D eigenvalue weighted by Crippen LogP contribution is 2.12. The molecule has 0 N–H and O–H groups in total. The number of hydrogen-bond donors (Lipinski definition) is 0. The van der Waals surface area contributed by atoms with Crippen molar-refractivity contribution in [1.82, 2.24) is 19.2 Å². The van der Waals surface area contributed by atoms with Crippen molar-refractivity contribution >= 4 is 22.3 Å². The summed E-state index contributed by atoms with van der Waals surface area (Å²) in [5.74, 6) is -0.163. The van der Waals surface area contributed by atoms with Gasteiger partial charge in [0, 0.05) is 24.4 Å². The monoisotopic (exact) mass is 332 g/mol. The molecule has 0 aliphatic carbocycles. The molecule has 0 spiro atoms. The fourth-order valence-electron chi connectivity index (χ4n) is 2.95. The smallest absolute Gasteiger partial charge is 0.293 e. The van der Waals surface area contributed by atoms with Gasteiger partial charge in [0.15, 0.2) is 11.4 Å². The van der Waals surface area contributed by atoms with Crippen molar-refractivity contribution < 1.29 is 4.79 Å². The number of aryl methyl sites for hydroxylation is 2. The van der Waals surface area contributed by atoms with Gasteiger partial charge in [-0.05, 0) is 24.3 Å². The molecule has 3 aromatic heterocycles. The van der Waals surface area contributed by atoms with Crippen LogP contribution in [0.1, 0.15) is 23.1 Å². The van der Waals surface area contributed by atoms with Gasteiger partial charge in [0.05, 0.1) is 17.8 Å². The Morgan fingerprint density at radius 3 is 2.72 bits per heavy atom. The second-order valence-electron chi connectivity index (χ2n) is 5.91. The van der Waals surface area contributed by atoms with Crippen LogP contribution in [0.25, 0.3) is 16.6 Å². The maximum Gasteiger partial charge on any atom is 0.350 e. The Balaban J connectivity index is 1.66. The number of ketones is 1. The van der Waals surface area contributed by atoms with Crippen molar-refractivity contribution in [3.63, 3.8) is 0 Å². The number of aromatic nitrogens is 4. The van der Waals surface area contributed by atoms with E-state index in [0.29, 0.717) is 24.3 Å². The SMILES string of the molecule is CC(=O)c1cccc2nn(CCc3ccc4ccccc4n3)c(=O)n12. The first-order valence-electron chi connectivity index (χ1n) is 8.08. The Kier molecular flexibility index (Phi) is 3.65. The quantitative estimate of drug-likeness (QED) is 0.538. The van der Waals surface area contributed by atoms with Crippen molar-refractivity contribution in [2.24, 2.45) is 0 Å². The second kappa shape index (κ2) is 5.98. The number of benzene rings is 1. The van der Waals surface area contributed by atoms with Gasteiger partial charge in [-0.2, -0.15) is 0 Å². The van der Waals surface area contributed by atoms with Gasteiger partial charge in [-0.3, -0.25) is 9.78 Å². The number of hydrogen-bond acceptors (Lipinski definition) is 4. The first-order valence-corrected chi connectivity index (χ1v) is 8.08. The maximum atomic E-state index is 12.6. The van der Waals surface area contributed by atoms with Crippen molar-refractivity contribution in [1.29, 1.82) is 0 Å². The highest BCUT2D eigenvalue weighted by Gasteiger charge is 2.13. The molecule has 25 heavy (non-hydrogen) atoms. The third kappa shape index (κ3) is 2.71. The molecule has 0 radical (unpaired) electrons. The molecular formula is C19H16N4O2. The van der Waals surface area contributed by atoms with E-state index in [1.807, 2.05) is 36.4 Å². The molecule has 0 unspecified atom stereocenters. The van der Waals surface area contributed by atoms with Crippen LogP contribution in [0.2, 0.25) is 0 Å². The van der Waals surface area contributed by atoms with E-state index in [0.717, 1.165) is 16.6 Å². The van der Waals surface area contributed by atoms with E-state index < -0.39 is 0 Å². The lowest BCUT2D eigenvalue weighted by atomic mass is 10.2. The number of pyridine rings is 2. The van der Waals surface area contributed by atoms with Crippen molar-refractivity contribution in [3.05, 3.63) is 76.5 Å². The molecule has 0 aliphatic heterocycles. The van der Waals surface area contributed by atoms with Crippen LogP contribution in [0.4, 0.5) is 0 Å². The molecule has 4 aromatic rings. The first-order chi connectivity index (χ1) is 12.1. The standard InChI is InChI=1S/C19H16N4O2/c1-13(24)17-7-4-8-18-21-22(19(25)23(17)18)12-11-15-10-9-14-5-2-3-6-16(14)20-15/h2-10H,11-12H2,1H3. The van der Waals surface area contributed by atoms with Gasteiger partial charge in [0.2, 0.25) is 0 Å². The van der Waals surface area contributed by atoms with Gasteiger partial charge in [-0.1, -0.05) is 30.3 Å². The summed E-state index contributed by atoms with van der Waals surface area (Å²) >= 11 is 0. The minimum Gasteiger partial charge on any atom is -0.293 e. The van der Waals surface area contributed by atoms with Gasteiger partial charge in [-0.15, -0.1) is 5.10 Å². The predicted octanol–water partition coefficient (Wildman–Crippen LogP) is 2.49. The third-order valence-electron chi connectivity index (χ3n) is 4.20. The molecule has 1 aromatic carbocycles. The molecule has 124 valence electrons. The number of Topliss-reactive ketones (excluding diaryl/α,β-unsaturated/α-hetero) is 1. The number of nitrogens with zero attached hydrogens (tertiary/aromatic N) is 4. The normalized spacial score (nSPS) is 11.2. The summed E-state index contributed by atoms with van der Waals surface area (Å²) in [6.07, 6.45) is 0.587. The zero-order chi connectivity index (χ0) is 17.4. The van der Waals surface area contributed by atoms with Gasteiger partial charge in [0.1, 0.15) is 0 Å². The van der Waals surface area contributed by atoms with Crippen LogP contribution >= 0.6 is 0 Å². The molecular weight excluding hydrogens is 316 g/mol. The fraction of sp³-hybridized carbons (Fsp3) is 0.158. The summed E-state index contributed by atoms with van der Waals surface area (Å²) in [5.41, 5.74) is 2.35. The Labute approximate surface area is 143 Å². The van der Waals surface area contributed by atoms with Crippen LogP contribution in [0, 0.1) is 0 Å². The van der Waals surface area contributed by atoms with E-state index in [4.69, 9.17) is 0 Å². The highest BCUT2D eigenvalue weighted by molar-refractivity contribution is 5.93. The van der Waals surface area contributed by atoms with Crippen LogP contribution in [0.3, 0.4) is 0 Å². The fourth-order valence-corrected chi connectivity index (χ4v) is 2.95. The molecule has 6 heteroatoms. The maximum absolute atomic E-state index is 12.6. The molecule has 0 fully saturated rings. The van der Waals surface area contributed by atoms with Crippen molar-refractivity contribution in [3.8, 4) is 0 Å². The minimum absolute atomic E-state index is 0.163. The molecule has 6 nitrogen and oxygen atoms in total. The van der Waals surface area contributed by atoms with Crippen molar-refractivity contribution in [2.75, 3.05) is 0 Å². The average Bonchev–Trinajstić information content (AvgIpc) is 2.96. The van der Waals surface area contributed by atoms with E-state index in [1.165, 1.54) is 16.0 Å². The molecule has 4 rings (SSSR count). The molecule has 0 atom stereocenters. The van der Waals surface area contributed by atoms with Gasteiger partial charge in [0.25, 0.3) is 0 Å². The largest absolute Gasteiger partial charge is 0.350 e. The zero-order valence-electron chi connectivity index (χ0n) is 13.7. The Morgan fingerprint density at radius 1 is 1.04 bits per heavy atom.